The maximum absolute atomic E-state index is 12.2. The number of fused-ring (bicyclic) bond motifs is 1. The van der Waals surface area contributed by atoms with Crippen molar-refractivity contribution < 1.29 is 14.3 Å². The van der Waals surface area contributed by atoms with E-state index in [1.807, 2.05) is 24.3 Å². The van der Waals surface area contributed by atoms with Crippen LogP contribution in [0.3, 0.4) is 0 Å². The predicted octanol–water partition coefficient (Wildman–Crippen LogP) is 1.06. The van der Waals surface area contributed by atoms with Gasteiger partial charge in [-0.2, -0.15) is 9.97 Å². The molecular formula is C20H26N8O3. The summed E-state index contributed by atoms with van der Waals surface area (Å²) < 4.78 is 10.8. The van der Waals surface area contributed by atoms with Crippen molar-refractivity contribution in [2.45, 2.75) is 25.0 Å². The van der Waals surface area contributed by atoms with E-state index < -0.39 is 6.09 Å². The number of imidazole rings is 1. The number of H-pyrrole nitrogens is 1. The Morgan fingerprint density at radius 2 is 2.10 bits per heavy atom. The van der Waals surface area contributed by atoms with Crippen LogP contribution in [-0.2, 0) is 11.2 Å². The van der Waals surface area contributed by atoms with Crippen LogP contribution in [0.5, 0.6) is 5.75 Å². The molecule has 2 atom stereocenters. The molecule has 1 saturated heterocycles. The third kappa shape index (κ3) is 5.12. The van der Waals surface area contributed by atoms with Crippen LogP contribution in [0.1, 0.15) is 12.0 Å². The number of benzene rings is 1. The van der Waals surface area contributed by atoms with E-state index in [0.717, 1.165) is 30.7 Å². The molecule has 0 spiro atoms. The number of aromatic amines is 1. The summed E-state index contributed by atoms with van der Waals surface area (Å²) in [6.45, 7) is 1.62. The first kappa shape index (κ1) is 20.7. The largest absolute Gasteiger partial charge is 0.497 e. The Morgan fingerprint density at radius 1 is 1.26 bits per heavy atom. The number of nitrogens with zero attached hydrogens (tertiary/aromatic N) is 3. The molecule has 4 rings (SSSR count). The minimum Gasteiger partial charge on any atom is -0.497 e. The molecule has 0 saturated carbocycles. The fourth-order valence-corrected chi connectivity index (χ4v) is 3.61. The third-order valence-electron chi connectivity index (χ3n) is 5.15. The quantitative estimate of drug-likeness (QED) is 0.333. The second-order valence-electron chi connectivity index (χ2n) is 7.23. The normalized spacial score (nSPS) is 18.1. The Labute approximate surface area is 179 Å². The summed E-state index contributed by atoms with van der Waals surface area (Å²) in [6.07, 6.45) is 2.46. The van der Waals surface area contributed by atoms with Gasteiger partial charge in [0.1, 0.15) is 17.4 Å². The zero-order valence-electron chi connectivity index (χ0n) is 17.2. The number of anilines is 2. The number of ether oxygens (including phenoxy) is 2. The van der Waals surface area contributed by atoms with Gasteiger partial charge in [-0.15, -0.1) is 0 Å². The van der Waals surface area contributed by atoms with E-state index in [9.17, 15) is 4.79 Å². The highest BCUT2D eigenvalue weighted by atomic mass is 16.6. The van der Waals surface area contributed by atoms with Crippen LogP contribution in [0.15, 0.2) is 30.6 Å². The van der Waals surface area contributed by atoms with Crippen LogP contribution in [0.2, 0.25) is 0 Å². The molecule has 164 valence electrons. The van der Waals surface area contributed by atoms with Gasteiger partial charge in [0.05, 0.1) is 13.4 Å². The average Bonchev–Trinajstić information content (AvgIpc) is 3.41. The highest BCUT2D eigenvalue weighted by Gasteiger charge is 2.30. The van der Waals surface area contributed by atoms with Gasteiger partial charge in [-0.25, -0.2) is 9.78 Å². The van der Waals surface area contributed by atoms with Gasteiger partial charge in [0.2, 0.25) is 5.95 Å². The Hall–Kier alpha value is -3.60. The molecular weight excluding hydrogens is 400 g/mol. The SMILES string of the molecule is COc1ccc(CC2NCCC2OC(=O)NCCNc2nc(N)nc3nc[nH]c23)cc1. The number of alkyl carbamates (subject to hydrolysis) is 1. The lowest BCUT2D eigenvalue weighted by Gasteiger charge is -2.20. The maximum Gasteiger partial charge on any atom is 0.407 e. The number of nitrogens with one attached hydrogen (secondary N) is 4. The Bertz CT molecular complexity index is 1020. The predicted molar refractivity (Wildman–Crippen MR) is 116 cm³/mol. The van der Waals surface area contributed by atoms with Crippen molar-refractivity contribution in [3.63, 3.8) is 0 Å². The lowest BCUT2D eigenvalue weighted by Crippen LogP contribution is -2.39. The number of hydrogen-bond acceptors (Lipinski definition) is 9. The zero-order valence-corrected chi connectivity index (χ0v) is 17.2. The number of rotatable bonds is 8. The number of methoxy groups -OCH3 is 1. The number of carbonyl (C=O) groups excluding carboxylic acids is 1. The Balaban J connectivity index is 1.23. The van der Waals surface area contributed by atoms with E-state index in [2.05, 4.69) is 35.9 Å². The van der Waals surface area contributed by atoms with Gasteiger partial charge in [-0.05, 0) is 37.1 Å². The first-order valence-corrected chi connectivity index (χ1v) is 10.1. The smallest absolute Gasteiger partial charge is 0.407 e. The summed E-state index contributed by atoms with van der Waals surface area (Å²) in [7, 11) is 1.65. The van der Waals surface area contributed by atoms with Gasteiger partial charge in [0.15, 0.2) is 11.5 Å². The number of hydrogen-bond donors (Lipinski definition) is 5. The van der Waals surface area contributed by atoms with E-state index in [-0.39, 0.29) is 18.1 Å². The molecule has 1 aliphatic heterocycles. The summed E-state index contributed by atoms with van der Waals surface area (Å²) in [5.74, 6) is 1.49. The first-order valence-electron chi connectivity index (χ1n) is 10.1. The molecule has 1 aromatic carbocycles. The van der Waals surface area contributed by atoms with E-state index in [0.29, 0.717) is 30.1 Å². The molecule has 1 fully saturated rings. The number of carbonyl (C=O) groups is 1. The van der Waals surface area contributed by atoms with Crippen LogP contribution in [0, 0.1) is 0 Å². The number of nitrogen functional groups attached to an aromatic ring is 1. The third-order valence-corrected chi connectivity index (χ3v) is 5.15. The molecule has 0 radical (unpaired) electrons. The van der Waals surface area contributed by atoms with Gasteiger partial charge in [0.25, 0.3) is 0 Å². The molecule has 0 bridgehead atoms. The van der Waals surface area contributed by atoms with Gasteiger partial charge < -0.3 is 36.1 Å². The summed E-state index contributed by atoms with van der Waals surface area (Å²) in [5, 5.41) is 9.30. The van der Waals surface area contributed by atoms with Crippen LogP contribution < -0.4 is 26.4 Å². The summed E-state index contributed by atoms with van der Waals surface area (Å²) >= 11 is 0. The van der Waals surface area contributed by atoms with E-state index >= 15 is 0 Å². The summed E-state index contributed by atoms with van der Waals surface area (Å²) in [6, 6.07) is 8.00. The molecule has 1 amide bonds. The van der Waals surface area contributed by atoms with Crippen molar-refractivity contribution in [2.75, 3.05) is 37.8 Å². The van der Waals surface area contributed by atoms with Crippen molar-refractivity contribution >= 4 is 29.0 Å². The molecule has 31 heavy (non-hydrogen) atoms. The van der Waals surface area contributed by atoms with Gasteiger partial charge in [-0.3, -0.25) is 0 Å². The fourth-order valence-electron chi connectivity index (χ4n) is 3.61. The maximum atomic E-state index is 12.2. The average molecular weight is 426 g/mol. The zero-order chi connectivity index (χ0) is 21.6. The molecule has 1 aliphatic rings. The van der Waals surface area contributed by atoms with E-state index in [1.165, 1.54) is 6.33 Å². The van der Waals surface area contributed by atoms with E-state index in [4.69, 9.17) is 15.2 Å². The highest BCUT2D eigenvalue weighted by Crippen LogP contribution is 2.19. The van der Waals surface area contributed by atoms with Crippen molar-refractivity contribution in [1.29, 1.82) is 0 Å². The number of nitrogens with two attached hydrogens (primary N) is 1. The fraction of sp³-hybridized carbons (Fsp3) is 0.400. The van der Waals surface area contributed by atoms with Crippen LogP contribution >= 0.6 is 0 Å². The van der Waals surface area contributed by atoms with Gasteiger partial charge in [-0.1, -0.05) is 12.1 Å². The summed E-state index contributed by atoms with van der Waals surface area (Å²) in [4.78, 5) is 27.5. The molecule has 2 aromatic heterocycles. The summed E-state index contributed by atoms with van der Waals surface area (Å²) in [5.41, 5.74) is 8.00. The Kier molecular flexibility index (Phi) is 6.32. The molecule has 3 heterocycles. The molecule has 6 N–H and O–H groups in total. The van der Waals surface area contributed by atoms with Crippen molar-refractivity contribution in [2.24, 2.45) is 0 Å². The second-order valence-corrected chi connectivity index (χ2v) is 7.23. The minimum absolute atomic E-state index is 0.0786. The van der Waals surface area contributed by atoms with Crippen LogP contribution in [-0.4, -0.2) is 64.9 Å². The first-order chi connectivity index (χ1) is 15.1. The topological polar surface area (TPSA) is 152 Å². The molecule has 2 unspecified atom stereocenters. The van der Waals surface area contributed by atoms with Crippen LogP contribution in [0.4, 0.5) is 16.6 Å². The number of aromatic nitrogens is 4. The lowest BCUT2D eigenvalue weighted by atomic mass is 10.0. The molecule has 3 aromatic rings. The molecule has 11 heteroatoms. The lowest BCUT2D eigenvalue weighted by molar-refractivity contribution is 0.0904. The Morgan fingerprint density at radius 3 is 2.90 bits per heavy atom. The highest BCUT2D eigenvalue weighted by molar-refractivity contribution is 5.83. The molecule has 11 nitrogen and oxygen atoms in total. The monoisotopic (exact) mass is 426 g/mol. The minimum atomic E-state index is -0.441. The van der Waals surface area contributed by atoms with Crippen molar-refractivity contribution in [1.82, 2.24) is 30.6 Å². The second kappa shape index (κ2) is 9.47. The van der Waals surface area contributed by atoms with E-state index in [1.54, 1.807) is 7.11 Å². The van der Waals surface area contributed by atoms with Crippen molar-refractivity contribution in [3.05, 3.63) is 36.2 Å². The number of amides is 1. The van der Waals surface area contributed by atoms with Crippen molar-refractivity contribution in [3.8, 4) is 5.75 Å². The molecule has 0 aliphatic carbocycles. The van der Waals surface area contributed by atoms with Gasteiger partial charge >= 0.3 is 6.09 Å². The van der Waals surface area contributed by atoms with Crippen LogP contribution in [0.25, 0.3) is 11.2 Å². The van der Waals surface area contributed by atoms with Gasteiger partial charge in [0, 0.05) is 19.1 Å². The standard InChI is InChI=1S/C20H26N8O3/c1-30-13-4-2-12(3-5-13)10-14-15(6-7-22-14)31-20(29)24-9-8-23-17-16-18(26-11-25-16)28-19(21)27-17/h2-5,11,14-15,22H,6-10H2,1H3,(H,24,29)(H4,21,23,25,26,27,28).